The highest BCUT2D eigenvalue weighted by molar-refractivity contribution is 4.96. The summed E-state index contributed by atoms with van der Waals surface area (Å²) in [6, 6.07) is 0.310. The molecule has 0 bridgehead atoms. The maximum absolute atomic E-state index is 6.67. The maximum Gasteiger partial charge on any atom is 0.0685 e. The van der Waals surface area contributed by atoms with E-state index in [2.05, 4.69) is 6.92 Å². The molecule has 3 fully saturated rings. The minimum atomic E-state index is 0.181. The molecule has 1 spiro atoms. The third-order valence-electron chi connectivity index (χ3n) is 6.00. The van der Waals surface area contributed by atoms with Gasteiger partial charge in [-0.05, 0) is 44.4 Å². The summed E-state index contributed by atoms with van der Waals surface area (Å²) in [5.74, 6) is 1.21. The van der Waals surface area contributed by atoms with Gasteiger partial charge in [0.25, 0.3) is 0 Å². The second-order valence-electron chi connectivity index (χ2n) is 7.19. The molecule has 0 radical (unpaired) electrons. The van der Waals surface area contributed by atoms with E-state index < -0.39 is 0 Å². The highest BCUT2D eigenvalue weighted by atomic mass is 16.5. The zero-order valence-corrected chi connectivity index (χ0v) is 13.0. The van der Waals surface area contributed by atoms with Crippen LogP contribution in [0.3, 0.4) is 0 Å². The standard InChI is InChI=1S/C17H31NO2/c1-2-15-14(7-10-19-15)16(18)13-6-11-20-17(12-13)8-4-3-5-9-17/h13-16H,2-12,18H2,1H3. The summed E-state index contributed by atoms with van der Waals surface area (Å²) in [4.78, 5) is 0. The predicted molar refractivity (Wildman–Crippen MR) is 80.6 cm³/mol. The molecule has 0 amide bonds. The Bertz CT molecular complexity index is 309. The molecular weight excluding hydrogens is 250 g/mol. The molecule has 0 aromatic rings. The highest BCUT2D eigenvalue weighted by Crippen LogP contribution is 2.43. The van der Waals surface area contributed by atoms with Crippen molar-refractivity contribution in [3.63, 3.8) is 0 Å². The number of hydrogen-bond acceptors (Lipinski definition) is 3. The van der Waals surface area contributed by atoms with Crippen LogP contribution in [-0.4, -0.2) is 31.0 Å². The zero-order valence-electron chi connectivity index (χ0n) is 13.0. The van der Waals surface area contributed by atoms with Gasteiger partial charge in [0.1, 0.15) is 0 Å². The van der Waals surface area contributed by atoms with Crippen LogP contribution in [-0.2, 0) is 9.47 Å². The van der Waals surface area contributed by atoms with Gasteiger partial charge in [-0.2, -0.15) is 0 Å². The first-order valence-corrected chi connectivity index (χ1v) is 8.75. The first-order valence-electron chi connectivity index (χ1n) is 8.75. The predicted octanol–water partition coefficient (Wildman–Crippen LogP) is 3.26. The molecule has 0 aromatic carbocycles. The van der Waals surface area contributed by atoms with Gasteiger partial charge >= 0.3 is 0 Å². The van der Waals surface area contributed by atoms with Crippen LogP contribution in [0.4, 0.5) is 0 Å². The van der Waals surface area contributed by atoms with Crippen molar-refractivity contribution in [2.24, 2.45) is 17.6 Å². The topological polar surface area (TPSA) is 44.5 Å². The molecule has 3 rings (SSSR count). The van der Waals surface area contributed by atoms with Gasteiger partial charge in [-0.15, -0.1) is 0 Å². The number of ether oxygens (including phenoxy) is 2. The molecule has 2 saturated heterocycles. The van der Waals surface area contributed by atoms with Crippen LogP contribution < -0.4 is 5.73 Å². The Morgan fingerprint density at radius 2 is 1.95 bits per heavy atom. The summed E-state index contributed by atoms with van der Waals surface area (Å²) < 4.78 is 12.1. The average Bonchev–Trinajstić information content (AvgIpc) is 2.96. The van der Waals surface area contributed by atoms with Crippen LogP contribution in [0.15, 0.2) is 0 Å². The molecule has 3 heteroatoms. The minimum absolute atomic E-state index is 0.181. The van der Waals surface area contributed by atoms with E-state index in [9.17, 15) is 0 Å². The van der Waals surface area contributed by atoms with Crippen molar-refractivity contribution in [1.29, 1.82) is 0 Å². The van der Waals surface area contributed by atoms with E-state index in [-0.39, 0.29) is 5.60 Å². The van der Waals surface area contributed by atoms with Gasteiger partial charge in [0, 0.05) is 25.2 Å². The molecule has 116 valence electrons. The normalized spacial score (nSPS) is 39.0. The fourth-order valence-electron chi connectivity index (χ4n) is 4.81. The van der Waals surface area contributed by atoms with Gasteiger partial charge in [-0.1, -0.05) is 26.2 Å². The molecule has 4 unspecified atom stereocenters. The molecule has 20 heavy (non-hydrogen) atoms. The van der Waals surface area contributed by atoms with Crippen molar-refractivity contribution in [2.75, 3.05) is 13.2 Å². The summed E-state index contributed by atoms with van der Waals surface area (Å²) in [5.41, 5.74) is 6.85. The zero-order chi connectivity index (χ0) is 14.0. The lowest BCUT2D eigenvalue weighted by Crippen LogP contribution is -2.49. The first kappa shape index (κ1) is 14.8. The molecule has 3 aliphatic rings. The number of nitrogens with two attached hydrogens (primary N) is 1. The molecule has 3 nitrogen and oxygen atoms in total. The van der Waals surface area contributed by atoms with Crippen LogP contribution in [0.25, 0.3) is 0 Å². The smallest absolute Gasteiger partial charge is 0.0685 e. The lowest BCUT2D eigenvalue weighted by atomic mass is 9.71. The number of hydrogen-bond donors (Lipinski definition) is 1. The van der Waals surface area contributed by atoms with E-state index in [1.165, 1.54) is 38.5 Å². The van der Waals surface area contributed by atoms with Crippen LogP contribution >= 0.6 is 0 Å². The third kappa shape index (κ3) is 2.90. The van der Waals surface area contributed by atoms with Crippen molar-refractivity contribution in [2.45, 2.75) is 82.5 Å². The van der Waals surface area contributed by atoms with E-state index >= 15 is 0 Å². The molecule has 2 aliphatic heterocycles. The Hall–Kier alpha value is -0.120. The Morgan fingerprint density at radius 1 is 1.15 bits per heavy atom. The number of rotatable bonds is 3. The lowest BCUT2D eigenvalue weighted by Gasteiger charge is -2.46. The van der Waals surface area contributed by atoms with Gasteiger partial charge in [0.15, 0.2) is 0 Å². The fraction of sp³-hybridized carbons (Fsp3) is 1.00. The average molecular weight is 281 g/mol. The second-order valence-corrected chi connectivity index (χ2v) is 7.19. The van der Waals surface area contributed by atoms with Gasteiger partial charge in [0.05, 0.1) is 11.7 Å². The SMILES string of the molecule is CCC1OCCC1C(N)C1CCOC2(CCCCC2)C1. The van der Waals surface area contributed by atoms with Gasteiger partial charge in [-0.3, -0.25) is 0 Å². The van der Waals surface area contributed by atoms with E-state index in [1.54, 1.807) is 0 Å². The van der Waals surface area contributed by atoms with E-state index in [1.807, 2.05) is 0 Å². The largest absolute Gasteiger partial charge is 0.378 e. The van der Waals surface area contributed by atoms with Crippen molar-refractivity contribution in [3.05, 3.63) is 0 Å². The van der Waals surface area contributed by atoms with E-state index in [0.29, 0.717) is 24.0 Å². The molecule has 1 saturated carbocycles. The molecule has 2 heterocycles. The Morgan fingerprint density at radius 3 is 2.70 bits per heavy atom. The van der Waals surface area contributed by atoms with Crippen molar-refractivity contribution in [3.8, 4) is 0 Å². The first-order chi connectivity index (χ1) is 9.74. The Kier molecular flexibility index (Phi) is 4.68. The van der Waals surface area contributed by atoms with Crippen LogP contribution in [0, 0.1) is 11.8 Å². The third-order valence-corrected chi connectivity index (χ3v) is 6.00. The molecule has 4 atom stereocenters. The lowest BCUT2D eigenvalue weighted by molar-refractivity contribution is -0.123. The minimum Gasteiger partial charge on any atom is -0.378 e. The summed E-state index contributed by atoms with van der Waals surface area (Å²) in [7, 11) is 0. The summed E-state index contributed by atoms with van der Waals surface area (Å²) in [5, 5.41) is 0. The second kappa shape index (κ2) is 6.33. The molecular formula is C17H31NO2. The monoisotopic (exact) mass is 281 g/mol. The quantitative estimate of drug-likeness (QED) is 0.863. The van der Waals surface area contributed by atoms with Gasteiger partial charge in [-0.25, -0.2) is 0 Å². The van der Waals surface area contributed by atoms with E-state index in [0.717, 1.165) is 32.5 Å². The van der Waals surface area contributed by atoms with Gasteiger partial charge in [0.2, 0.25) is 0 Å². The maximum atomic E-state index is 6.67. The van der Waals surface area contributed by atoms with Crippen LogP contribution in [0.5, 0.6) is 0 Å². The van der Waals surface area contributed by atoms with Crippen LogP contribution in [0.1, 0.15) is 64.7 Å². The molecule has 2 N–H and O–H groups in total. The summed E-state index contributed by atoms with van der Waals surface area (Å²) >= 11 is 0. The van der Waals surface area contributed by atoms with Crippen LogP contribution in [0.2, 0.25) is 0 Å². The fourth-order valence-corrected chi connectivity index (χ4v) is 4.81. The van der Waals surface area contributed by atoms with Crippen molar-refractivity contribution in [1.82, 2.24) is 0 Å². The Labute approximate surface area is 123 Å². The van der Waals surface area contributed by atoms with Gasteiger partial charge < -0.3 is 15.2 Å². The summed E-state index contributed by atoms with van der Waals surface area (Å²) in [6.45, 7) is 4.05. The Balaban J connectivity index is 1.64. The van der Waals surface area contributed by atoms with Crippen molar-refractivity contribution >= 4 is 0 Å². The van der Waals surface area contributed by atoms with E-state index in [4.69, 9.17) is 15.2 Å². The highest BCUT2D eigenvalue weighted by Gasteiger charge is 2.43. The molecule has 1 aliphatic carbocycles. The van der Waals surface area contributed by atoms with Crippen molar-refractivity contribution < 1.29 is 9.47 Å². The summed E-state index contributed by atoms with van der Waals surface area (Å²) in [6.07, 6.45) is 11.6. The molecule has 0 aromatic heterocycles.